The van der Waals surface area contributed by atoms with Crippen molar-refractivity contribution in [2.45, 2.75) is 24.5 Å². The van der Waals surface area contributed by atoms with Crippen LogP contribution in [0.2, 0.25) is 0 Å². The molecular formula is C26H22N2O6. The Kier molecular flexibility index (Phi) is 4.44. The van der Waals surface area contributed by atoms with Gasteiger partial charge < -0.3 is 24.1 Å². The molecule has 0 bridgehead atoms. The quantitative estimate of drug-likeness (QED) is 0.602. The van der Waals surface area contributed by atoms with Crippen molar-refractivity contribution in [3.63, 3.8) is 0 Å². The molecule has 0 saturated carbocycles. The Hall–Kier alpha value is -3.91. The molecule has 172 valence electrons. The molecule has 1 N–H and O–H groups in total. The van der Waals surface area contributed by atoms with Crippen LogP contribution in [0.1, 0.15) is 29.0 Å². The van der Waals surface area contributed by atoms with Crippen LogP contribution in [0.3, 0.4) is 0 Å². The first kappa shape index (κ1) is 20.7. The maximum absolute atomic E-state index is 13.9. The van der Waals surface area contributed by atoms with Crippen molar-refractivity contribution >= 4 is 34.3 Å². The van der Waals surface area contributed by atoms with Crippen molar-refractivity contribution in [2.75, 3.05) is 25.1 Å². The first-order valence-corrected chi connectivity index (χ1v) is 11.2. The summed E-state index contributed by atoms with van der Waals surface area (Å²) in [6.07, 6.45) is 1.27. The third kappa shape index (κ3) is 2.60. The van der Waals surface area contributed by atoms with Gasteiger partial charge in [-0.05, 0) is 31.0 Å². The minimum Gasteiger partial charge on any atom is -0.503 e. The van der Waals surface area contributed by atoms with Gasteiger partial charge in [0.1, 0.15) is 5.58 Å². The summed E-state index contributed by atoms with van der Waals surface area (Å²) in [5, 5.41) is 11.8. The molecule has 8 heteroatoms. The van der Waals surface area contributed by atoms with E-state index in [-0.39, 0.29) is 24.0 Å². The number of hydrogen-bond donors (Lipinski definition) is 1. The first-order valence-electron chi connectivity index (χ1n) is 11.2. The van der Waals surface area contributed by atoms with Crippen LogP contribution in [0, 0.1) is 0 Å². The van der Waals surface area contributed by atoms with Crippen molar-refractivity contribution in [3.05, 3.63) is 77.3 Å². The van der Waals surface area contributed by atoms with E-state index in [1.54, 1.807) is 55.6 Å². The lowest BCUT2D eigenvalue weighted by Crippen LogP contribution is -2.55. The largest absolute Gasteiger partial charge is 0.503 e. The number of para-hydroxylation sites is 2. The van der Waals surface area contributed by atoms with E-state index in [0.29, 0.717) is 28.8 Å². The number of benzene rings is 2. The molecule has 4 heterocycles. The summed E-state index contributed by atoms with van der Waals surface area (Å²) >= 11 is 0. The van der Waals surface area contributed by atoms with Gasteiger partial charge in [-0.15, -0.1) is 0 Å². The Balaban J connectivity index is 1.57. The van der Waals surface area contributed by atoms with Gasteiger partial charge in [0.2, 0.25) is 5.78 Å². The van der Waals surface area contributed by atoms with E-state index in [1.807, 2.05) is 6.07 Å². The molecule has 0 radical (unpaired) electrons. The summed E-state index contributed by atoms with van der Waals surface area (Å²) in [7, 11) is 1.60. The molecule has 1 spiro atoms. The van der Waals surface area contributed by atoms with Gasteiger partial charge in [-0.25, -0.2) is 0 Å². The number of fused-ring (bicyclic) bond motifs is 3. The molecule has 1 aromatic heterocycles. The summed E-state index contributed by atoms with van der Waals surface area (Å²) < 4.78 is 11.5. The van der Waals surface area contributed by atoms with Gasteiger partial charge in [-0.1, -0.05) is 36.4 Å². The number of Topliss-reactive ketones (excluding diaryl/α,β-unsaturated/α-hetero) is 1. The first-order chi connectivity index (χ1) is 16.4. The number of likely N-dealkylation sites (N-methyl/N-ethyl adjacent to an activating group) is 1. The van der Waals surface area contributed by atoms with E-state index in [4.69, 9.17) is 9.15 Å². The van der Waals surface area contributed by atoms with Gasteiger partial charge >= 0.3 is 0 Å². The lowest BCUT2D eigenvalue weighted by molar-refractivity contribution is -0.141. The molecule has 1 fully saturated rings. The van der Waals surface area contributed by atoms with Crippen molar-refractivity contribution in [3.8, 4) is 0 Å². The van der Waals surface area contributed by atoms with Gasteiger partial charge in [0, 0.05) is 36.8 Å². The SMILES string of the molecule is CN1C(=O)[C@@]2(C(C(=O)c3cc4ccccc4o3)=C(O)C(=O)N2C[C@H]2CCCO2)c2ccccc21. The van der Waals surface area contributed by atoms with Crippen molar-refractivity contribution < 1.29 is 28.6 Å². The van der Waals surface area contributed by atoms with Crippen molar-refractivity contribution in [1.82, 2.24) is 4.90 Å². The van der Waals surface area contributed by atoms with Crippen LogP contribution in [0.25, 0.3) is 11.0 Å². The zero-order chi connectivity index (χ0) is 23.6. The predicted molar refractivity (Wildman–Crippen MR) is 122 cm³/mol. The number of rotatable bonds is 4. The Morgan fingerprint density at radius 3 is 2.68 bits per heavy atom. The summed E-state index contributed by atoms with van der Waals surface area (Å²) in [6.45, 7) is 0.641. The van der Waals surface area contributed by atoms with Crippen LogP contribution in [0.5, 0.6) is 0 Å². The second-order valence-corrected chi connectivity index (χ2v) is 8.84. The lowest BCUT2D eigenvalue weighted by Gasteiger charge is -2.36. The maximum Gasteiger partial charge on any atom is 0.290 e. The molecule has 0 aliphatic carbocycles. The maximum atomic E-state index is 13.9. The number of amides is 2. The average Bonchev–Trinajstić information content (AvgIpc) is 3.61. The fraction of sp³-hybridized carbons (Fsp3) is 0.269. The Labute approximate surface area is 195 Å². The standard InChI is InChI=1S/C26H22N2O6/c1-27-18-10-4-3-9-17(18)26(25(27)32)21(22(29)20-13-15-7-2-5-11-19(15)34-20)23(30)24(31)28(26)14-16-8-6-12-33-16/h2-5,7,9-11,13,16,30H,6,8,12,14H2,1H3/t16-,26+/m1/s1. The highest BCUT2D eigenvalue weighted by atomic mass is 16.5. The molecule has 8 nitrogen and oxygen atoms in total. The minimum atomic E-state index is -1.80. The molecule has 2 aromatic carbocycles. The number of anilines is 1. The van der Waals surface area contributed by atoms with Crippen molar-refractivity contribution in [1.29, 1.82) is 0 Å². The number of furan rings is 1. The predicted octanol–water partition coefficient (Wildman–Crippen LogP) is 3.32. The van der Waals surface area contributed by atoms with Crippen LogP contribution in [0.15, 0.2) is 70.3 Å². The zero-order valence-electron chi connectivity index (χ0n) is 18.5. The van der Waals surface area contributed by atoms with E-state index in [1.165, 1.54) is 9.80 Å². The third-order valence-corrected chi connectivity index (χ3v) is 7.01. The van der Waals surface area contributed by atoms with Gasteiger partial charge in [0.25, 0.3) is 11.8 Å². The number of ether oxygens (including phenoxy) is 1. The molecule has 2 atom stereocenters. The highest BCUT2D eigenvalue weighted by molar-refractivity contribution is 6.26. The topological polar surface area (TPSA) is 100 Å². The minimum absolute atomic E-state index is 0.0475. The molecule has 1 saturated heterocycles. The van der Waals surface area contributed by atoms with Crippen LogP contribution < -0.4 is 4.90 Å². The Morgan fingerprint density at radius 2 is 1.91 bits per heavy atom. The normalized spacial score (nSPS) is 24.2. The van der Waals surface area contributed by atoms with Gasteiger partial charge in [0.15, 0.2) is 17.1 Å². The van der Waals surface area contributed by atoms with Crippen molar-refractivity contribution in [2.24, 2.45) is 0 Å². The number of nitrogens with zero attached hydrogens (tertiary/aromatic N) is 2. The second kappa shape index (κ2) is 7.30. The smallest absolute Gasteiger partial charge is 0.290 e. The summed E-state index contributed by atoms with van der Waals surface area (Å²) in [4.78, 5) is 44.0. The second-order valence-electron chi connectivity index (χ2n) is 8.84. The molecule has 3 aromatic rings. The number of carbonyl (C=O) groups is 3. The highest BCUT2D eigenvalue weighted by Crippen LogP contribution is 2.53. The molecule has 3 aliphatic rings. The Bertz CT molecular complexity index is 1370. The van der Waals surface area contributed by atoms with Gasteiger partial charge in [-0.3, -0.25) is 14.4 Å². The Morgan fingerprint density at radius 1 is 1.15 bits per heavy atom. The number of ketones is 1. The van der Waals surface area contributed by atoms with E-state index in [0.717, 1.165) is 12.8 Å². The number of aliphatic hydroxyl groups excluding tert-OH is 1. The van der Waals surface area contributed by atoms with E-state index in [2.05, 4.69) is 0 Å². The van der Waals surface area contributed by atoms with E-state index in [9.17, 15) is 19.5 Å². The summed E-state index contributed by atoms with van der Waals surface area (Å²) in [6, 6.07) is 15.7. The van der Waals surface area contributed by atoms with E-state index < -0.39 is 28.9 Å². The number of carbonyl (C=O) groups excluding carboxylic acids is 3. The zero-order valence-corrected chi connectivity index (χ0v) is 18.5. The van der Waals surface area contributed by atoms with E-state index >= 15 is 0 Å². The molecule has 2 amide bonds. The van der Waals surface area contributed by atoms with Gasteiger partial charge in [0.05, 0.1) is 11.7 Å². The van der Waals surface area contributed by atoms with Crippen LogP contribution in [-0.4, -0.2) is 53.9 Å². The molecule has 0 unspecified atom stereocenters. The van der Waals surface area contributed by atoms with Crippen LogP contribution >= 0.6 is 0 Å². The number of hydrogen-bond acceptors (Lipinski definition) is 6. The molecule has 6 rings (SSSR count). The van der Waals surface area contributed by atoms with Gasteiger partial charge in [-0.2, -0.15) is 0 Å². The monoisotopic (exact) mass is 458 g/mol. The number of aliphatic hydroxyl groups is 1. The lowest BCUT2D eigenvalue weighted by atomic mass is 9.81. The highest BCUT2D eigenvalue weighted by Gasteiger charge is 2.65. The average molecular weight is 458 g/mol. The fourth-order valence-corrected chi connectivity index (χ4v) is 5.44. The summed E-state index contributed by atoms with van der Waals surface area (Å²) in [5.41, 5.74) is -0.541. The summed E-state index contributed by atoms with van der Waals surface area (Å²) in [5.74, 6) is -2.73. The molecule has 3 aliphatic heterocycles. The molecule has 34 heavy (non-hydrogen) atoms. The fourth-order valence-electron chi connectivity index (χ4n) is 5.44. The third-order valence-electron chi connectivity index (χ3n) is 7.01. The van der Waals surface area contributed by atoms with Crippen LogP contribution in [0.4, 0.5) is 5.69 Å². The van der Waals surface area contributed by atoms with Crippen LogP contribution in [-0.2, 0) is 19.9 Å². The molecular weight excluding hydrogens is 436 g/mol.